The average Bonchev–Trinajstić information content (AvgIpc) is 2.46. The number of carbonyl (C=O) groups excluding carboxylic acids is 1. The van der Waals surface area contributed by atoms with Crippen molar-refractivity contribution >= 4 is 12.2 Å². The number of unbranched alkanes of at least 4 members (excludes halogenated alkanes) is 1. The molecule has 19 heavy (non-hydrogen) atoms. The number of nitrogens with zero attached hydrogens (tertiary/aromatic N) is 1. The first-order valence-corrected chi connectivity index (χ1v) is 6.21. The van der Waals surface area contributed by atoms with E-state index in [2.05, 4.69) is 9.89 Å². The first kappa shape index (κ1) is 15.0. The SMILES string of the molecule is COC(=O)C(/C=N\O)CCCCOc1ccccc1. The highest BCUT2D eigenvalue weighted by Crippen LogP contribution is 2.11. The van der Waals surface area contributed by atoms with Crippen LogP contribution in [0.5, 0.6) is 5.75 Å². The summed E-state index contributed by atoms with van der Waals surface area (Å²) in [6.07, 6.45) is 3.39. The lowest BCUT2D eigenvalue weighted by Gasteiger charge is -2.09. The molecule has 104 valence electrons. The van der Waals surface area contributed by atoms with E-state index in [1.165, 1.54) is 13.3 Å². The van der Waals surface area contributed by atoms with E-state index in [0.29, 0.717) is 13.0 Å². The number of oxime groups is 1. The quantitative estimate of drug-likeness (QED) is 0.258. The molecule has 0 aromatic heterocycles. The van der Waals surface area contributed by atoms with E-state index in [9.17, 15) is 4.79 Å². The van der Waals surface area contributed by atoms with E-state index in [4.69, 9.17) is 9.94 Å². The van der Waals surface area contributed by atoms with Gasteiger partial charge in [0.15, 0.2) is 0 Å². The standard InChI is InChI=1S/C14H19NO4/c1-18-14(16)12(11-15-17)7-5-6-10-19-13-8-3-2-4-9-13/h2-4,8-9,11-12,17H,5-7,10H2,1H3/b15-11-. The Kier molecular flexibility index (Phi) is 7.09. The normalized spacial score (nSPS) is 12.3. The van der Waals surface area contributed by atoms with E-state index in [0.717, 1.165) is 18.6 Å². The van der Waals surface area contributed by atoms with Crippen molar-refractivity contribution in [3.63, 3.8) is 0 Å². The second-order valence-electron chi connectivity index (χ2n) is 4.05. The summed E-state index contributed by atoms with van der Waals surface area (Å²) in [6.45, 7) is 0.591. The van der Waals surface area contributed by atoms with Gasteiger partial charge in [-0.25, -0.2) is 0 Å². The lowest BCUT2D eigenvalue weighted by Crippen LogP contribution is -2.17. The van der Waals surface area contributed by atoms with Crippen LogP contribution in [0.15, 0.2) is 35.5 Å². The van der Waals surface area contributed by atoms with Crippen LogP contribution in [0.25, 0.3) is 0 Å². The van der Waals surface area contributed by atoms with E-state index < -0.39 is 5.92 Å². The number of carbonyl (C=O) groups is 1. The van der Waals surface area contributed by atoms with Gasteiger partial charge in [-0.3, -0.25) is 4.79 Å². The second kappa shape index (κ2) is 8.97. The van der Waals surface area contributed by atoms with Gasteiger partial charge in [-0.2, -0.15) is 0 Å². The van der Waals surface area contributed by atoms with Gasteiger partial charge >= 0.3 is 5.97 Å². The fourth-order valence-corrected chi connectivity index (χ4v) is 1.66. The minimum absolute atomic E-state index is 0.387. The molecule has 0 saturated carbocycles. The molecule has 1 aromatic carbocycles. The molecular weight excluding hydrogens is 246 g/mol. The van der Waals surface area contributed by atoms with Gasteiger partial charge in [0.2, 0.25) is 0 Å². The number of hydrogen-bond donors (Lipinski definition) is 1. The molecule has 0 spiro atoms. The van der Waals surface area contributed by atoms with Gasteiger partial charge in [0.1, 0.15) is 5.75 Å². The van der Waals surface area contributed by atoms with Gasteiger partial charge in [-0.05, 0) is 31.4 Å². The molecule has 0 radical (unpaired) electrons. The Morgan fingerprint density at radius 3 is 2.74 bits per heavy atom. The molecule has 0 aliphatic carbocycles. The molecule has 1 unspecified atom stereocenters. The Morgan fingerprint density at radius 2 is 2.11 bits per heavy atom. The predicted octanol–water partition coefficient (Wildman–Crippen LogP) is 2.48. The van der Waals surface area contributed by atoms with Crippen LogP contribution < -0.4 is 4.74 Å². The van der Waals surface area contributed by atoms with Crippen molar-refractivity contribution in [3.05, 3.63) is 30.3 Å². The van der Waals surface area contributed by atoms with Crippen molar-refractivity contribution in [2.24, 2.45) is 11.1 Å². The number of para-hydroxylation sites is 1. The summed E-state index contributed by atoms with van der Waals surface area (Å²) >= 11 is 0. The van der Waals surface area contributed by atoms with Crippen LogP contribution in [-0.4, -0.2) is 31.1 Å². The topological polar surface area (TPSA) is 68.1 Å². The molecule has 0 fully saturated rings. The molecule has 0 aliphatic rings. The predicted molar refractivity (Wildman–Crippen MR) is 71.6 cm³/mol. The molecule has 0 heterocycles. The highest BCUT2D eigenvalue weighted by molar-refractivity contribution is 5.89. The number of esters is 1. The van der Waals surface area contributed by atoms with Crippen LogP contribution in [0, 0.1) is 5.92 Å². The smallest absolute Gasteiger partial charge is 0.314 e. The summed E-state index contributed by atoms with van der Waals surface area (Å²) in [5, 5.41) is 11.4. The summed E-state index contributed by atoms with van der Waals surface area (Å²) in [4.78, 5) is 11.3. The molecule has 1 atom stereocenters. The Balaban J connectivity index is 2.20. The molecule has 0 saturated heterocycles. The number of hydrogen-bond acceptors (Lipinski definition) is 5. The summed E-state index contributed by atoms with van der Waals surface area (Å²) in [5.74, 6) is -0.0440. The molecule has 5 nitrogen and oxygen atoms in total. The molecule has 1 rings (SSSR count). The third kappa shape index (κ3) is 5.90. The minimum atomic E-state index is -0.494. The van der Waals surface area contributed by atoms with Crippen LogP contribution in [-0.2, 0) is 9.53 Å². The largest absolute Gasteiger partial charge is 0.494 e. The number of methoxy groups -OCH3 is 1. The van der Waals surface area contributed by atoms with Gasteiger partial charge in [-0.15, -0.1) is 5.16 Å². The maximum absolute atomic E-state index is 11.3. The third-order valence-corrected chi connectivity index (χ3v) is 2.67. The first-order valence-electron chi connectivity index (χ1n) is 6.21. The summed E-state index contributed by atoms with van der Waals surface area (Å²) in [5.41, 5.74) is 0. The van der Waals surface area contributed by atoms with Crippen LogP contribution >= 0.6 is 0 Å². The third-order valence-electron chi connectivity index (χ3n) is 2.67. The summed E-state index contributed by atoms with van der Waals surface area (Å²) in [7, 11) is 1.32. The zero-order chi connectivity index (χ0) is 13.9. The van der Waals surface area contributed by atoms with Crippen molar-refractivity contribution in [3.8, 4) is 5.75 Å². The molecule has 5 heteroatoms. The van der Waals surface area contributed by atoms with Gasteiger partial charge in [0.25, 0.3) is 0 Å². The van der Waals surface area contributed by atoms with Crippen molar-refractivity contribution in [1.29, 1.82) is 0 Å². The van der Waals surface area contributed by atoms with Crippen molar-refractivity contribution in [2.45, 2.75) is 19.3 Å². The Hall–Kier alpha value is -2.04. The second-order valence-corrected chi connectivity index (χ2v) is 4.05. The fraction of sp³-hybridized carbons (Fsp3) is 0.429. The van der Waals surface area contributed by atoms with E-state index in [1.807, 2.05) is 30.3 Å². The van der Waals surface area contributed by atoms with E-state index >= 15 is 0 Å². The van der Waals surface area contributed by atoms with Gasteiger partial charge in [0, 0.05) is 0 Å². The maximum Gasteiger partial charge on any atom is 0.314 e. The first-order chi connectivity index (χ1) is 9.27. The zero-order valence-corrected chi connectivity index (χ0v) is 11.0. The molecule has 0 aliphatic heterocycles. The molecule has 1 aromatic rings. The van der Waals surface area contributed by atoms with E-state index in [1.54, 1.807) is 0 Å². The van der Waals surface area contributed by atoms with Crippen LogP contribution in [0.3, 0.4) is 0 Å². The molecular formula is C14H19NO4. The molecule has 0 amide bonds. The highest BCUT2D eigenvalue weighted by atomic mass is 16.5. The van der Waals surface area contributed by atoms with Crippen molar-refractivity contribution < 1.29 is 19.5 Å². The highest BCUT2D eigenvalue weighted by Gasteiger charge is 2.16. The maximum atomic E-state index is 11.3. The van der Waals surface area contributed by atoms with Crippen LogP contribution in [0.2, 0.25) is 0 Å². The van der Waals surface area contributed by atoms with Gasteiger partial charge in [-0.1, -0.05) is 18.2 Å². The van der Waals surface area contributed by atoms with Crippen LogP contribution in [0.1, 0.15) is 19.3 Å². The fourth-order valence-electron chi connectivity index (χ4n) is 1.66. The van der Waals surface area contributed by atoms with Gasteiger partial charge in [0.05, 0.1) is 25.8 Å². The number of rotatable bonds is 8. The summed E-state index contributed by atoms with van der Waals surface area (Å²) in [6, 6.07) is 9.56. The average molecular weight is 265 g/mol. The van der Waals surface area contributed by atoms with Crippen molar-refractivity contribution in [2.75, 3.05) is 13.7 Å². The summed E-state index contributed by atoms with van der Waals surface area (Å²) < 4.78 is 10.2. The van der Waals surface area contributed by atoms with Gasteiger partial charge < -0.3 is 14.7 Å². The van der Waals surface area contributed by atoms with E-state index in [-0.39, 0.29) is 5.97 Å². The lowest BCUT2D eigenvalue weighted by molar-refractivity contribution is -0.143. The Morgan fingerprint density at radius 1 is 1.37 bits per heavy atom. The molecule has 0 bridgehead atoms. The monoisotopic (exact) mass is 265 g/mol. The Bertz CT molecular complexity index is 392. The zero-order valence-electron chi connectivity index (χ0n) is 11.0. The lowest BCUT2D eigenvalue weighted by atomic mass is 10.0. The van der Waals surface area contributed by atoms with Crippen molar-refractivity contribution in [1.82, 2.24) is 0 Å². The number of ether oxygens (including phenoxy) is 2. The Labute approximate surface area is 112 Å². The van der Waals surface area contributed by atoms with Crippen LogP contribution in [0.4, 0.5) is 0 Å². The number of benzene rings is 1. The molecule has 1 N–H and O–H groups in total. The minimum Gasteiger partial charge on any atom is -0.494 e.